The van der Waals surface area contributed by atoms with Crippen LogP contribution in [0.5, 0.6) is 0 Å². The summed E-state index contributed by atoms with van der Waals surface area (Å²) < 4.78 is 5.81. The Labute approximate surface area is 124 Å². The number of piperidine rings is 1. The van der Waals surface area contributed by atoms with Crippen molar-refractivity contribution in [3.63, 3.8) is 0 Å². The van der Waals surface area contributed by atoms with E-state index in [4.69, 9.17) is 4.42 Å². The van der Waals surface area contributed by atoms with Crippen molar-refractivity contribution in [1.29, 1.82) is 0 Å². The summed E-state index contributed by atoms with van der Waals surface area (Å²) in [6.45, 7) is 5.71. The minimum atomic E-state index is -0.680. The second-order valence-electron chi connectivity index (χ2n) is 5.93. The SMILES string of the molecule is Cc1oc2ccccc2c1CN1CCC[C@@H](C(=O)O)[C@H]1C. The van der Waals surface area contributed by atoms with Gasteiger partial charge in [0.1, 0.15) is 11.3 Å². The molecule has 2 atom stereocenters. The lowest BCUT2D eigenvalue weighted by Crippen LogP contribution is -2.45. The highest BCUT2D eigenvalue weighted by atomic mass is 16.4. The summed E-state index contributed by atoms with van der Waals surface area (Å²) in [5.74, 6) is -0.0148. The molecular formula is C17H21NO3. The molecule has 4 heteroatoms. The van der Waals surface area contributed by atoms with Crippen molar-refractivity contribution < 1.29 is 14.3 Å². The highest BCUT2D eigenvalue weighted by Crippen LogP contribution is 2.30. The van der Waals surface area contributed by atoms with Gasteiger partial charge in [0, 0.05) is 23.5 Å². The molecule has 1 aromatic carbocycles. The third kappa shape index (κ3) is 2.56. The summed E-state index contributed by atoms with van der Waals surface area (Å²) in [6, 6.07) is 8.10. The van der Waals surface area contributed by atoms with E-state index in [9.17, 15) is 9.90 Å². The zero-order valence-corrected chi connectivity index (χ0v) is 12.5. The van der Waals surface area contributed by atoms with E-state index < -0.39 is 5.97 Å². The number of likely N-dealkylation sites (tertiary alicyclic amines) is 1. The lowest BCUT2D eigenvalue weighted by Gasteiger charge is -2.37. The Morgan fingerprint density at radius 3 is 2.95 bits per heavy atom. The third-order valence-corrected chi connectivity index (χ3v) is 4.70. The normalized spacial score (nSPS) is 23.5. The van der Waals surface area contributed by atoms with E-state index in [0.29, 0.717) is 0 Å². The molecule has 1 saturated heterocycles. The maximum Gasteiger partial charge on any atom is 0.308 e. The zero-order chi connectivity index (χ0) is 15.0. The van der Waals surface area contributed by atoms with Gasteiger partial charge in [-0.2, -0.15) is 0 Å². The Hall–Kier alpha value is -1.81. The third-order valence-electron chi connectivity index (χ3n) is 4.70. The number of fused-ring (bicyclic) bond motifs is 1. The van der Waals surface area contributed by atoms with Crippen LogP contribution >= 0.6 is 0 Å². The van der Waals surface area contributed by atoms with Gasteiger partial charge >= 0.3 is 5.97 Å². The minimum Gasteiger partial charge on any atom is -0.481 e. The van der Waals surface area contributed by atoms with Crippen LogP contribution < -0.4 is 0 Å². The smallest absolute Gasteiger partial charge is 0.308 e. The van der Waals surface area contributed by atoms with Crippen LogP contribution in [0.3, 0.4) is 0 Å². The second-order valence-corrected chi connectivity index (χ2v) is 5.93. The van der Waals surface area contributed by atoms with Gasteiger partial charge in [0.15, 0.2) is 0 Å². The van der Waals surface area contributed by atoms with E-state index in [2.05, 4.69) is 11.0 Å². The molecule has 1 fully saturated rings. The van der Waals surface area contributed by atoms with Gasteiger partial charge in [-0.1, -0.05) is 18.2 Å². The number of hydrogen-bond acceptors (Lipinski definition) is 3. The number of carboxylic acids is 1. The lowest BCUT2D eigenvalue weighted by molar-refractivity contribution is -0.145. The van der Waals surface area contributed by atoms with Crippen LogP contribution in [0.2, 0.25) is 0 Å². The molecule has 1 aliphatic rings. The summed E-state index contributed by atoms with van der Waals surface area (Å²) in [6.07, 6.45) is 1.72. The Balaban J connectivity index is 1.88. The molecular weight excluding hydrogens is 266 g/mol. The predicted octanol–water partition coefficient (Wildman–Crippen LogP) is 3.43. The van der Waals surface area contributed by atoms with E-state index in [1.807, 2.05) is 32.0 Å². The van der Waals surface area contributed by atoms with Gasteiger partial charge in [0.05, 0.1) is 5.92 Å². The molecule has 3 rings (SSSR count). The fourth-order valence-corrected chi connectivity index (χ4v) is 3.39. The second kappa shape index (κ2) is 5.53. The van der Waals surface area contributed by atoms with Crippen molar-refractivity contribution in [2.75, 3.05) is 6.54 Å². The van der Waals surface area contributed by atoms with Crippen molar-refractivity contribution >= 4 is 16.9 Å². The fourth-order valence-electron chi connectivity index (χ4n) is 3.39. The molecule has 112 valence electrons. The molecule has 0 spiro atoms. The van der Waals surface area contributed by atoms with E-state index in [1.54, 1.807) is 0 Å². The summed E-state index contributed by atoms with van der Waals surface area (Å²) in [5.41, 5.74) is 2.09. The largest absolute Gasteiger partial charge is 0.481 e. The summed E-state index contributed by atoms with van der Waals surface area (Å²) >= 11 is 0. The van der Waals surface area contributed by atoms with Crippen LogP contribution in [0.15, 0.2) is 28.7 Å². The topological polar surface area (TPSA) is 53.7 Å². The summed E-state index contributed by atoms with van der Waals surface area (Å²) in [5, 5.41) is 10.5. The van der Waals surface area contributed by atoms with Gasteiger partial charge in [-0.15, -0.1) is 0 Å². The first kappa shape index (κ1) is 14.1. The molecule has 0 saturated carbocycles. The number of furan rings is 1. The van der Waals surface area contributed by atoms with Crippen LogP contribution in [0.1, 0.15) is 31.1 Å². The van der Waals surface area contributed by atoms with Crippen LogP contribution in [0.4, 0.5) is 0 Å². The first-order chi connectivity index (χ1) is 10.1. The fraction of sp³-hybridized carbons (Fsp3) is 0.471. The minimum absolute atomic E-state index is 0.0595. The van der Waals surface area contributed by atoms with Crippen molar-refractivity contribution in [2.45, 2.75) is 39.3 Å². The molecule has 2 aromatic rings. The maximum absolute atomic E-state index is 11.3. The molecule has 1 N–H and O–H groups in total. The standard InChI is InChI=1S/C17H21NO3/c1-11-13(17(19)20)7-5-9-18(11)10-15-12(2)21-16-8-4-3-6-14(15)16/h3-4,6,8,11,13H,5,7,9-10H2,1-2H3,(H,19,20)/t11-,13-/m1/s1. The van der Waals surface area contributed by atoms with Crippen LogP contribution in [-0.4, -0.2) is 28.6 Å². The first-order valence-corrected chi connectivity index (χ1v) is 7.52. The quantitative estimate of drug-likeness (QED) is 0.939. The van der Waals surface area contributed by atoms with Gasteiger partial charge in [-0.05, 0) is 39.3 Å². The molecule has 0 bridgehead atoms. The maximum atomic E-state index is 11.3. The number of nitrogens with zero attached hydrogens (tertiary/aromatic N) is 1. The molecule has 1 aromatic heterocycles. The number of benzene rings is 1. The van der Waals surface area contributed by atoms with Gasteiger partial charge in [-0.25, -0.2) is 0 Å². The van der Waals surface area contributed by atoms with Gasteiger partial charge in [0.25, 0.3) is 0 Å². The summed E-state index contributed by atoms with van der Waals surface area (Å²) in [4.78, 5) is 13.6. The van der Waals surface area contributed by atoms with Gasteiger partial charge in [-0.3, -0.25) is 9.69 Å². The van der Waals surface area contributed by atoms with Gasteiger partial charge in [0.2, 0.25) is 0 Å². The van der Waals surface area contributed by atoms with E-state index in [0.717, 1.165) is 42.7 Å². The first-order valence-electron chi connectivity index (χ1n) is 7.52. The number of aliphatic carboxylic acids is 1. The molecule has 2 heterocycles. The average Bonchev–Trinajstić information content (AvgIpc) is 2.77. The molecule has 0 amide bonds. The van der Waals surface area contributed by atoms with E-state index in [-0.39, 0.29) is 12.0 Å². The van der Waals surface area contributed by atoms with Gasteiger partial charge < -0.3 is 9.52 Å². The molecule has 21 heavy (non-hydrogen) atoms. The summed E-state index contributed by atoms with van der Waals surface area (Å²) in [7, 11) is 0. The zero-order valence-electron chi connectivity index (χ0n) is 12.5. The number of carboxylic acid groups (broad SMARTS) is 1. The van der Waals surface area contributed by atoms with Crippen molar-refractivity contribution in [2.24, 2.45) is 5.92 Å². The number of para-hydroxylation sites is 1. The Bertz CT molecular complexity index is 661. The number of carbonyl (C=O) groups is 1. The molecule has 4 nitrogen and oxygen atoms in total. The van der Waals surface area contributed by atoms with E-state index >= 15 is 0 Å². The monoisotopic (exact) mass is 287 g/mol. The number of aryl methyl sites for hydroxylation is 1. The average molecular weight is 287 g/mol. The number of rotatable bonds is 3. The highest BCUT2D eigenvalue weighted by Gasteiger charge is 2.33. The van der Waals surface area contributed by atoms with Crippen LogP contribution in [0, 0.1) is 12.8 Å². The number of hydrogen-bond donors (Lipinski definition) is 1. The van der Waals surface area contributed by atoms with Crippen molar-refractivity contribution in [1.82, 2.24) is 4.90 Å². The van der Waals surface area contributed by atoms with Crippen LogP contribution in [0.25, 0.3) is 11.0 Å². The highest BCUT2D eigenvalue weighted by molar-refractivity contribution is 5.82. The molecule has 0 unspecified atom stereocenters. The Morgan fingerprint density at radius 2 is 2.19 bits per heavy atom. The van der Waals surface area contributed by atoms with Crippen molar-refractivity contribution in [3.05, 3.63) is 35.6 Å². The van der Waals surface area contributed by atoms with Crippen molar-refractivity contribution in [3.8, 4) is 0 Å². The molecule has 0 radical (unpaired) electrons. The van der Waals surface area contributed by atoms with E-state index in [1.165, 1.54) is 5.56 Å². The lowest BCUT2D eigenvalue weighted by atomic mass is 9.90. The Kier molecular flexibility index (Phi) is 3.72. The molecule has 0 aliphatic carbocycles. The Morgan fingerprint density at radius 1 is 1.43 bits per heavy atom. The molecule has 1 aliphatic heterocycles. The van der Waals surface area contributed by atoms with Crippen LogP contribution in [-0.2, 0) is 11.3 Å². The predicted molar refractivity (Wildman–Crippen MR) is 81.2 cm³/mol.